The number of hydrogen-bond acceptors (Lipinski definition) is 3. The summed E-state index contributed by atoms with van der Waals surface area (Å²) < 4.78 is 18.4. The van der Waals surface area contributed by atoms with Gasteiger partial charge in [-0.15, -0.1) is 0 Å². The molecule has 1 fully saturated rings. The van der Waals surface area contributed by atoms with E-state index in [0.717, 1.165) is 0 Å². The summed E-state index contributed by atoms with van der Waals surface area (Å²) in [6.07, 6.45) is 0.343. The Bertz CT molecular complexity index is 780. The highest BCUT2D eigenvalue weighted by Gasteiger charge is 2.30. The van der Waals surface area contributed by atoms with Crippen molar-refractivity contribution >= 4 is 29.1 Å². The molecule has 26 heavy (non-hydrogen) atoms. The second kappa shape index (κ2) is 8.19. The van der Waals surface area contributed by atoms with Gasteiger partial charge in [-0.3, -0.25) is 9.59 Å². The van der Waals surface area contributed by atoms with Crippen LogP contribution >= 0.6 is 11.6 Å². The van der Waals surface area contributed by atoms with Crippen molar-refractivity contribution in [2.45, 2.75) is 6.42 Å². The standard InChI is InChI=1S/C19H18ClFN2O3/c20-14-1-7-17(8-2-14)26-12-18(24)22-10-13-9-19(25)23(11-13)16-5-3-15(21)4-6-16/h1-8,13H,9-12H2,(H,22,24). The van der Waals surface area contributed by atoms with Gasteiger partial charge < -0.3 is 15.0 Å². The van der Waals surface area contributed by atoms with E-state index in [9.17, 15) is 14.0 Å². The highest BCUT2D eigenvalue weighted by atomic mass is 35.5. The van der Waals surface area contributed by atoms with Crippen LogP contribution in [0.5, 0.6) is 5.75 Å². The first-order valence-electron chi connectivity index (χ1n) is 8.22. The normalized spacial score (nSPS) is 16.6. The number of carbonyl (C=O) groups is 2. The lowest BCUT2D eigenvalue weighted by atomic mass is 10.1. The Morgan fingerprint density at radius 1 is 1.19 bits per heavy atom. The molecule has 2 aromatic carbocycles. The first-order chi connectivity index (χ1) is 12.5. The maximum atomic E-state index is 13.0. The summed E-state index contributed by atoms with van der Waals surface area (Å²) in [5, 5.41) is 3.37. The molecular formula is C19H18ClFN2O3. The minimum atomic E-state index is -0.343. The molecule has 136 valence electrons. The summed E-state index contributed by atoms with van der Waals surface area (Å²) in [5.41, 5.74) is 0.663. The fourth-order valence-corrected chi connectivity index (χ4v) is 2.90. The Hall–Kier alpha value is -2.60. The highest BCUT2D eigenvalue weighted by Crippen LogP contribution is 2.24. The van der Waals surface area contributed by atoms with Crippen LogP contribution in [0.1, 0.15) is 6.42 Å². The highest BCUT2D eigenvalue weighted by molar-refractivity contribution is 6.30. The van der Waals surface area contributed by atoms with Gasteiger partial charge in [0.25, 0.3) is 5.91 Å². The van der Waals surface area contributed by atoms with Crippen LogP contribution in [0.2, 0.25) is 5.02 Å². The molecule has 0 bridgehead atoms. The molecule has 1 heterocycles. The van der Waals surface area contributed by atoms with E-state index < -0.39 is 0 Å². The van der Waals surface area contributed by atoms with Crippen molar-refractivity contribution in [3.05, 3.63) is 59.4 Å². The summed E-state index contributed by atoms with van der Waals surface area (Å²) in [6, 6.07) is 12.5. The van der Waals surface area contributed by atoms with Crippen LogP contribution in [0, 0.1) is 11.7 Å². The zero-order valence-electron chi connectivity index (χ0n) is 14.0. The average molecular weight is 377 g/mol. The van der Waals surface area contributed by atoms with Gasteiger partial charge in [0, 0.05) is 36.1 Å². The maximum absolute atomic E-state index is 13.0. The molecule has 2 amide bonds. The number of rotatable bonds is 6. The quantitative estimate of drug-likeness (QED) is 0.843. The number of nitrogens with zero attached hydrogens (tertiary/aromatic N) is 1. The zero-order chi connectivity index (χ0) is 18.5. The van der Waals surface area contributed by atoms with Crippen molar-refractivity contribution in [1.29, 1.82) is 0 Å². The van der Waals surface area contributed by atoms with Crippen LogP contribution in [0.4, 0.5) is 10.1 Å². The van der Waals surface area contributed by atoms with Crippen LogP contribution in [0.3, 0.4) is 0 Å². The molecule has 2 aromatic rings. The third-order valence-corrected chi connectivity index (χ3v) is 4.37. The summed E-state index contributed by atoms with van der Waals surface area (Å²) in [7, 11) is 0. The van der Waals surface area contributed by atoms with Gasteiger partial charge >= 0.3 is 0 Å². The predicted octanol–water partition coefficient (Wildman–Crippen LogP) is 3.03. The Balaban J connectivity index is 1.44. The lowest BCUT2D eigenvalue weighted by molar-refractivity contribution is -0.123. The van der Waals surface area contributed by atoms with Crippen LogP contribution < -0.4 is 15.0 Å². The minimum Gasteiger partial charge on any atom is -0.484 e. The number of ether oxygens (including phenoxy) is 1. The van der Waals surface area contributed by atoms with E-state index in [1.54, 1.807) is 41.3 Å². The lowest BCUT2D eigenvalue weighted by Crippen LogP contribution is -2.34. The van der Waals surface area contributed by atoms with E-state index in [1.807, 2.05) is 0 Å². The van der Waals surface area contributed by atoms with Crippen LogP contribution in [-0.2, 0) is 9.59 Å². The summed E-state index contributed by atoms with van der Waals surface area (Å²) in [6.45, 7) is 0.763. The van der Waals surface area contributed by atoms with Crippen molar-refractivity contribution < 1.29 is 18.7 Å². The van der Waals surface area contributed by atoms with Gasteiger partial charge in [-0.1, -0.05) is 11.6 Å². The number of carbonyl (C=O) groups excluding carboxylic acids is 2. The first-order valence-corrected chi connectivity index (χ1v) is 8.60. The van der Waals surface area contributed by atoms with Gasteiger partial charge in [0.15, 0.2) is 6.61 Å². The number of nitrogens with one attached hydrogen (secondary N) is 1. The molecule has 3 rings (SSSR count). The third kappa shape index (κ3) is 4.73. The van der Waals surface area contributed by atoms with Gasteiger partial charge in [-0.2, -0.15) is 0 Å². The van der Waals surface area contributed by atoms with Gasteiger partial charge in [-0.25, -0.2) is 4.39 Å². The van der Waals surface area contributed by atoms with Crippen LogP contribution in [0.25, 0.3) is 0 Å². The topological polar surface area (TPSA) is 58.6 Å². The van der Waals surface area contributed by atoms with Crippen molar-refractivity contribution in [2.24, 2.45) is 5.92 Å². The largest absolute Gasteiger partial charge is 0.484 e. The van der Waals surface area contributed by atoms with E-state index in [1.165, 1.54) is 12.1 Å². The van der Waals surface area contributed by atoms with E-state index in [2.05, 4.69) is 5.32 Å². The van der Waals surface area contributed by atoms with Crippen molar-refractivity contribution in [1.82, 2.24) is 5.32 Å². The molecule has 0 aliphatic carbocycles. The zero-order valence-corrected chi connectivity index (χ0v) is 14.7. The summed E-state index contributed by atoms with van der Waals surface area (Å²) >= 11 is 5.79. The molecule has 0 saturated carbocycles. The molecule has 5 nitrogen and oxygen atoms in total. The first kappa shape index (κ1) is 18.2. The van der Waals surface area contributed by atoms with Gasteiger partial charge in [0.2, 0.25) is 5.91 Å². The second-order valence-corrected chi connectivity index (χ2v) is 6.53. The monoisotopic (exact) mass is 376 g/mol. The number of halogens is 2. The SMILES string of the molecule is O=C(COc1ccc(Cl)cc1)NCC1CC(=O)N(c2ccc(F)cc2)C1. The molecule has 0 radical (unpaired) electrons. The van der Waals surface area contributed by atoms with Gasteiger partial charge in [0.05, 0.1) is 0 Å². The van der Waals surface area contributed by atoms with E-state index >= 15 is 0 Å². The molecule has 0 spiro atoms. The van der Waals surface area contributed by atoms with E-state index in [0.29, 0.717) is 36.0 Å². The average Bonchev–Trinajstić information content (AvgIpc) is 3.01. The van der Waals surface area contributed by atoms with Crippen molar-refractivity contribution in [3.8, 4) is 5.75 Å². The number of amides is 2. The molecule has 7 heteroatoms. The predicted molar refractivity (Wildman–Crippen MR) is 96.8 cm³/mol. The fourth-order valence-electron chi connectivity index (χ4n) is 2.78. The van der Waals surface area contributed by atoms with Crippen LogP contribution in [-0.4, -0.2) is 31.5 Å². The van der Waals surface area contributed by atoms with E-state index in [4.69, 9.17) is 16.3 Å². The molecule has 1 saturated heterocycles. The number of hydrogen-bond donors (Lipinski definition) is 1. The molecular weight excluding hydrogens is 359 g/mol. The van der Waals surface area contributed by atoms with Crippen molar-refractivity contribution in [3.63, 3.8) is 0 Å². The Morgan fingerprint density at radius 3 is 2.58 bits per heavy atom. The molecule has 1 unspecified atom stereocenters. The second-order valence-electron chi connectivity index (χ2n) is 6.10. The lowest BCUT2D eigenvalue weighted by Gasteiger charge is -2.17. The van der Waals surface area contributed by atoms with Gasteiger partial charge in [-0.05, 0) is 48.5 Å². The smallest absolute Gasteiger partial charge is 0.257 e. The number of benzene rings is 2. The van der Waals surface area contributed by atoms with Crippen molar-refractivity contribution in [2.75, 3.05) is 24.6 Å². The molecule has 1 aliphatic heterocycles. The molecule has 0 aromatic heterocycles. The summed E-state index contributed by atoms with van der Waals surface area (Å²) in [4.78, 5) is 25.7. The Labute approximate surface area is 155 Å². The minimum absolute atomic E-state index is 0.00651. The third-order valence-electron chi connectivity index (χ3n) is 4.11. The Morgan fingerprint density at radius 2 is 1.88 bits per heavy atom. The van der Waals surface area contributed by atoms with E-state index in [-0.39, 0.29) is 30.2 Å². The summed E-state index contributed by atoms with van der Waals surface area (Å²) in [5.74, 6) is -0.0686. The number of anilines is 1. The maximum Gasteiger partial charge on any atom is 0.257 e. The van der Waals surface area contributed by atoms with Crippen LogP contribution in [0.15, 0.2) is 48.5 Å². The molecule has 1 N–H and O–H groups in total. The Kier molecular flexibility index (Phi) is 5.73. The molecule has 1 aliphatic rings. The molecule has 1 atom stereocenters. The fraction of sp³-hybridized carbons (Fsp3) is 0.263. The van der Waals surface area contributed by atoms with Gasteiger partial charge in [0.1, 0.15) is 11.6 Å².